The summed E-state index contributed by atoms with van der Waals surface area (Å²) in [6.45, 7) is -0.381. The third-order valence-corrected chi connectivity index (χ3v) is 5.93. The number of amides is 2. The van der Waals surface area contributed by atoms with Crippen LogP contribution in [0.2, 0.25) is 10.0 Å². The molecule has 2 aromatic rings. The van der Waals surface area contributed by atoms with E-state index in [4.69, 9.17) is 23.2 Å². The van der Waals surface area contributed by atoms with Crippen LogP contribution >= 0.6 is 23.2 Å². The second kappa shape index (κ2) is 6.17. The first-order valence-corrected chi connectivity index (χ1v) is 8.96. The van der Waals surface area contributed by atoms with Crippen molar-refractivity contribution in [2.75, 3.05) is 5.32 Å². The van der Waals surface area contributed by atoms with Gasteiger partial charge in [-0.3, -0.25) is 10.1 Å². The van der Waals surface area contributed by atoms with Crippen molar-refractivity contribution in [3.05, 3.63) is 62.1 Å². The predicted octanol–water partition coefficient (Wildman–Crippen LogP) is 3.64. The summed E-state index contributed by atoms with van der Waals surface area (Å²) >= 11 is 11.8. The summed E-state index contributed by atoms with van der Waals surface area (Å²) in [5.74, 6) is 0. The van der Waals surface area contributed by atoms with Gasteiger partial charge in [-0.1, -0.05) is 35.3 Å². The minimum atomic E-state index is -4.25. The molecule has 0 saturated carbocycles. The molecule has 0 bridgehead atoms. The molecular formula is C14H9Cl2N3O5S. The quantitative estimate of drug-likeness (QED) is 0.623. The Morgan fingerprint density at radius 1 is 1.20 bits per heavy atom. The average Bonchev–Trinajstić information content (AvgIpc) is 2.50. The minimum Gasteiger partial charge on any atom is -0.306 e. The number of nitro benzene ring substituents is 1. The lowest BCUT2D eigenvalue weighted by atomic mass is 10.2. The van der Waals surface area contributed by atoms with E-state index in [-0.39, 0.29) is 38.4 Å². The maximum absolute atomic E-state index is 12.8. The highest BCUT2D eigenvalue weighted by Gasteiger charge is 2.38. The molecule has 2 amide bonds. The number of halogens is 2. The Balaban J connectivity index is 2.04. The summed E-state index contributed by atoms with van der Waals surface area (Å²) in [6.07, 6.45) is 0. The van der Waals surface area contributed by atoms with Gasteiger partial charge in [0.2, 0.25) is 0 Å². The molecule has 130 valence electrons. The molecule has 1 N–H and O–H groups in total. The van der Waals surface area contributed by atoms with Crippen LogP contribution in [-0.4, -0.2) is 23.7 Å². The lowest BCUT2D eigenvalue weighted by molar-refractivity contribution is -0.384. The predicted molar refractivity (Wildman–Crippen MR) is 91.3 cm³/mol. The van der Waals surface area contributed by atoms with Gasteiger partial charge in [0.1, 0.15) is 4.90 Å². The van der Waals surface area contributed by atoms with Crippen molar-refractivity contribution in [3.8, 4) is 0 Å². The molecule has 0 aromatic heterocycles. The van der Waals surface area contributed by atoms with Crippen molar-refractivity contribution in [2.45, 2.75) is 11.4 Å². The minimum absolute atomic E-state index is 0.0159. The molecule has 11 heteroatoms. The van der Waals surface area contributed by atoms with Crippen molar-refractivity contribution in [1.82, 2.24) is 4.31 Å². The fraction of sp³-hybridized carbons (Fsp3) is 0.0714. The van der Waals surface area contributed by atoms with E-state index >= 15 is 0 Å². The standard InChI is InChI=1S/C14H9Cl2N3O5S/c15-9-5-11(16)13-12(6-9)17-14(20)18(25(13,23)24)7-8-2-1-3-10(4-8)19(21)22/h1-6H,7H2,(H,17,20). The number of anilines is 1. The van der Waals surface area contributed by atoms with Crippen LogP contribution < -0.4 is 5.32 Å². The van der Waals surface area contributed by atoms with E-state index in [9.17, 15) is 23.3 Å². The Hall–Kier alpha value is -2.36. The van der Waals surface area contributed by atoms with Crippen LogP contribution in [-0.2, 0) is 16.6 Å². The number of benzene rings is 2. The van der Waals surface area contributed by atoms with Crippen LogP contribution in [0.5, 0.6) is 0 Å². The Kier molecular flexibility index (Phi) is 4.31. The van der Waals surface area contributed by atoms with Crippen LogP contribution in [0.25, 0.3) is 0 Å². The molecule has 0 atom stereocenters. The SMILES string of the molecule is O=C1Nc2cc(Cl)cc(Cl)c2S(=O)(=O)N1Cc1cccc([N+](=O)[O-])c1. The number of hydrogen-bond donors (Lipinski definition) is 1. The van der Waals surface area contributed by atoms with Gasteiger partial charge in [-0.05, 0) is 17.7 Å². The highest BCUT2D eigenvalue weighted by atomic mass is 35.5. The number of carbonyl (C=O) groups excluding carboxylic acids is 1. The van der Waals surface area contributed by atoms with Crippen molar-refractivity contribution in [3.63, 3.8) is 0 Å². The number of sulfonamides is 1. The molecule has 25 heavy (non-hydrogen) atoms. The molecule has 0 radical (unpaired) electrons. The zero-order valence-electron chi connectivity index (χ0n) is 12.3. The van der Waals surface area contributed by atoms with E-state index in [0.29, 0.717) is 4.31 Å². The van der Waals surface area contributed by atoms with Crippen molar-refractivity contribution in [1.29, 1.82) is 0 Å². The number of nitrogens with zero attached hydrogens (tertiary/aromatic N) is 2. The number of non-ortho nitro benzene ring substituents is 1. The van der Waals surface area contributed by atoms with Crippen molar-refractivity contribution in [2.24, 2.45) is 0 Å². The first-order chi connectivity index (χ1) is 11.7. The number of hydrogen-bond acceptors (Lipinski definition) is 5. The summed E-state index contributed by atoms with van der Waals surface area (Å²) in [7, 11) is -4.25. The molecule has 0 saturated heterocycles. The number of nitrogens with one attached hydrogen (secondary N) is 1. The van der Waals surface area contributed by atoms with Gasteiger partial charge in [-0.2, -0.15) is 0 Å². The average molecular weight is 402 g/mol. The highest BCUT2D eigenvalue weighted by molar-refractivity contribution is 7.90. The molecule has 1 aliphatic rings. The van der Waals surface area contributed by atoms with Gasteiger partial charge < -0.3 is 5.32 Å². The summed E-state index contributed by atoms with van der Waals surface area (Å²) < 4.78 is 26.1. The van der Waals surface area contributed by atoms with Gasteiger partial charge >= 0.3 is 6.03 Å². The number of rotatable bonds is 3. The number of carbonyl (C=O) groups is 1. The number of nitro groups is 1. The van der Waals surface area contributed by atoms with Crippen molar-refractivity contribution < 1.29 is 18.1 Å². The maximum Gasteiger partial charge on any atom is 0.336 e. The normalized spacial score (nSPS) is 15.4. The fourth-order valence-electron chi connectivity index (χ4n) is 2.40. The third kappa shape index (κ3) is 3.13. The van der Waals surface area contributed by atoms with Gasteiger partial charge in [-0.25, -0.2) is 17.5 Å². The summed E-state index contributed by atoms with van der Waals surface area (Å²) in [5.41, 5.74) is 0.0526. The molecule has 1 aliphatic heterocycles. The van der Waals surface area contributed by atoms with E-state index in [1.165, 1.54) is 36.4 Å². The molecule has 3 rings (SSSR count). The maximum atomic E-state index is 12.8. The van der Waals surface area contributed by atoms with Crippen molar-refractivity contribution >= 4 is 50.6 Å². The van der Waals surface area contributed by atoms with E-state index in [2.05, 4.69) is 5.32 Å². The van der Waals surface area contributed by atoms with Gasteiger partial charge in [0.05, 0.1) is 22.2 Å². The fourth-order valence-corrected chi connectivity index (χ4v) is 4.69. The molecular weight excluding hydrogens is 393 g/mol. The van der Waals surface area contributed by atoms with E-state index in [0.717, 1.165) is 0 Å². The van der Waals surface area contributed by atoms with E-state index in [1.54, 1.807) is 0 Å². The van der Waals surface area contributed by atoms with E-state index < -0.39 is 21.0 Å². The van der Waals surface area contributed by atoms with Crippen LogP contribution in [0, 0.1) is 10.1 Å². The molecule has 8 nitrogen and oxygen atoms in total. The summed E-state index contributed by atoms with van der Waals surface area (Å²) in [6, 6.07) is 6.98. The zero-order chi connectivity index (χ0) is 18.4. The van der Waals surface area contributed by atoms with Crippen LogP contribution in [0.1, 0.15) is 5.56 Å². The zero-order valence-corrected chi connectivity index (χ0v) is 14.6. The van der Waals surface area contributed by atoms with Crippen LogP contribution in [0.4, 0.5) is 16.2 Å². The number of urea groups is 1. The van der Waals surface area contributed by atoms with Gasteiger partial charge in [-0.15, -0.1) is 0 Å². The Morgan fingerprint density at radius 3 is 2.60 bits per heavy atom. The van der Waals surface area contributed by atoms with Gasteiger partial charge in [0, 0.05) is 17.2 Å². The summed E-state index contributed by atoms with van der Waals surface area (Å²) in [5, 5.41) is 13.3. The summed E-state index contributed by atoms with van der Waals surface area (Å²) in [4.78, 5) is 22.2. The Bertz CT molecular complexity index is 1010. The third-order valence-electron chi connectivity index (χ3n) is 3.47. The molecule has 0 fully saturated rings. The van der Waals surface area contributed by atoms with Gasteiger partial charge in [0.25, 0.3) is 15.7 Å². The largest absolute Gasteiger partial charge is 0.336 e. The Morgan fingerprint density at radius 2 is 1.92 bits per heavy atom. The first-order valence-electron chi connectivity index (χ1n) is 6.76. The molecule has 1 heterocycles. The second-order valence-corrected chi connectivity index (χ2v) is 7.78. The monoisotopic (exact) mass is 401 g/mol. The number of fused-ring (bicyclic) bond motifs is 1. The first kappa shape index (κ1) is 17.5. The van der Waals surface area contributed by atoms with Crippen LogP contribution in [0.3, 0.4) is 0 Å². The lowest BCUT2D eigenvalue weighted by Crippen LogP contribution is -2.43. The van der Waals surface area contributed by atoms with Gasteiger partial charge in [0.15, 0.2) is 0 Å². The topological polar surface area (TPSA) is 110 Å². The van der Waals surface area contributed by atoms with E-state index in [1.807, 2.05) is 0 Å². The Labute approximate surface area is 152 Å². The smallest absolute Gasteiger partial charge is 0.306 e. The molecule has 0 unspecified atom stereocenters. The highest BCUT2D eigenvalue weighted by Crippen LogP contribution is 2.38. The molecule has 0 aliphatic carbocycles. The molecule has 0 spiro atoms. The second-order valence-electron chi connectivity index (χ2n) is 5.13. The lowest BCUT2D eigenvalue weighted by Gasteiger charge is -2.29. The van der Waals surface area contributed by atoms with Crippen LogP contribution in [0.15, 0.2) is 41.3 Å². The molecule has 2 aromatic carbocycles.